The summed E-state index contributed by atoms with van der Waals surface area (Å²) in [5.41, 5.74) is 11.4. The first-order chi connectivity index (χ1) is 17.3. The molecular formula is C24H27N5O6S. The number of benzene rings is 1. The van der Waals surface area contributed by atoms with E-state index in [1.54, 1.807) is 43.3 Å². The summed E-state index contributed by atoms with van der Waals surface area (Å²) in [6.07, 6.45) is 1.64. The number of carbonyl (C=O) groups excluding carboxylic acids is 3. The summed E-state index contributed by atoms with van der Waals surface area (Å²) in [7, 11) is 1.49. The lowest BCUT2D eigenvalue weighted by Crippen LogP contribution is -2.45. The summed E-state index contributed by atoms with van der Waals surface area (Å²) in [6, 6.07) is 8.80. The molecule has 0 aliphatic carbocycles. The molecule has 3 amide bonds. The van der Waals surface area contributed by atoms with E-state index in [0.717, 1.165) is 24.4 Å². The highest BCUT2D eigenvalue weighted by atomic mass is 32.1. The maximum Gasteiger partial charge on any atom is 0.273 e. The molecule has 36 heavy (non-hydrogen) atoms. The van der Waals surface area contributed by atoms with Crippen LogP contribution >= 0.6 is 11.5 Å². The molecule has 2 aromatic heterocycles. The molecule has 1 saturated heterocycles. The predicted octanol–water partition coefficient (Wildman–Crippen LogP) is 2.42. The number of aromatic nitrogens is 1. The van der Waals surface area contributed by atoms with E-state index in [1.165, 1.54) is 12.0 Å². The normalized spacial score (nSPS) is 15.9. The zero-order valence-corrected chi connectivity index (χ0v) is 20.7. The molecule has 0 unspecified atom stereocenters. The molecule has 0 saturated carbocycles. The standard InChI is InChI=1S/C24H27N5O6S/c1-13-8-9-17(35-13)20(23(31)27-12-16-7-4-10-34-16)29(14-5-3-6-15(11-14)33-2)24(32)21-18(25)19(22(26)30)28-36-21/h3,5-6,8-9,11,16,20H,4,7,10,12,25H2,1-2H3,(H2,26,30)(H,27,31)/t16-,20+/m1/s1. The minimum atomic E-state index is -1.21. The Bertz CT molecular complexity index is 1270. The first kappa shape index (κ1) is 25.2. The molecule has 1 fully saturated rings. The molecule has 1 aromatic carbocycles. The Morgan fingerprint density at radius 1 is 1.31 bits per heavy atom. The van der Waals surface area contributed by atoms with Crippen LogP contribution in [0.1, 0.15) is 50.6 Å². The van der Waals surface area contributed by atoms with Crippen LogP contribution in [0.4, 0.5) is 11.4 Å². The molecule has 0 bridgehead atoms. The van der Waals surface area contributed by atoms with Crippen molar-refractivity contribution in [3.05, 3.63) is 58.5 Å². The van der Waals surface area contributed by atoms with Crippen molar-refractivity contribution in [1.82, 2.24) is 9.69 Å². The number of primary amides is 1. The Morgan fingerprint density at radius 3 is 2.72 bits per heavy atom. The van der Waals surface area contributed by atoms with Gasteiger partial charge in [0.25, 0.3) is 17.7 Å². The minimum absolute atomic E-state index is 0.0353. The Hall–Kier alpha value is -3.90. The number of nitrogen functional groups attached to an aromatic ring is 1. The van der Waals surface area contributed by atoms with E-state index in [2.05, 4.69) is 9.69 Å². The lowest BCUT2D eigenvalue weighted by atomic mass is 10.1. The molecule has 1 aliphatic rings. The third kappa shape index (κ3) is 5.19. The molecule has 4 rings (SSSR count). The highest BCUT2D eigenvalue weighted by Gasteiger charge is 2.38. The van der Waals surface area contributed by atoms with Crippen molar-refractivity contribution in [3.63, 3.8) is 0 Å². The van der Waals surface area contributed by atoms with Crippen molar-refractivity contribution in [3.8, 4) is 5.75 Å². The molecule has 12 heteroatoms. The van der Waals surface area contributed by atoms with Crippen molar-refractivity contribution < 1.29 is 28.3 Å². The Kier molecular flexibility index (Phi) is 7.55. The lowest BCUT2D eigenvalue weighted by molar-refractivity contribution is -0.123. The SMILES string of the molecule is COc1cccc(N(C(=O)c2snc(C(N)=O)c2N)[C@H](C(=O)NC[C@H]2CCCO2)c2ccc(C)o2)c1. The fraction of sp³-hybridized carbons (Fsp3) is 0.333. The van der Waals surface area contributed by atoms with E-state index in [1.807, 2.05) is 0 Å². The number of anilines is 2. The van der Waals surface area contributed by atoms with Crippen molar-refractivity contribution in [2.45, 2.75) is 31.9 Å². The van der Waals surface area contributed by atoms with Crippen LogP contribution in [0.5, 0.6) is 5.75 Å². The number of carbonyl (C=O) groups is 3. The van der Waals surface area contributed by atoms with Crippen molar-refractivity contribution >= 4 is 40.6 Å². The van der Waals surface area contributed by atoms with E-state index < -0.39 is 23.8 Å². The summed E-state index contributed by atoms with van der Waals surface area (Å²) >= 11 is 0.728. The Labute approximate surface area is 211 Å². The summed E-state index contributed by atoms with van der Waals surface area (Å²) in [5.74, 6) is -0.718. The topological polar surface area (TPSA) is 163 Å². The van der Waals surface area contributed by atoms with Crippen LogP contribution in [0.25, 0.3) is 0 Å². The molecule has 190 valence electrons. The second kappa shape index (κ2) is 10.8. The fourth-order valence-electron chi connectivity index (χ4n) is 3.97. The monoisotopic (exact) mass is 513 g/mol. The maximum atomic E-state index is 14.0. The average molecular weight is 514 g/mol. The summed E-state index contributed by atoms with van der Waals surface area (Å²) < 4.78 is 20.7. The number of hydrogen-bond donors (Lipinski definition) is 3. The fourth-order valence-corrected chi connectivity index (χ4v) is 4.72. The van der Waals surface area contributed by atoms with Crippen molar-refractivity contribution in [2.75, 3.05) is 30.9 Å². The summed E-state index contributed by atoms with van der Waals surface area (Å²) in [6.45, 7) is 2.66. The molecule has 0 radical (unpaired) electrons. The van der Waals surface area contributed by atoms with Crippen molar-refractivity contribution in [1.29, 1.82) is 0 Å². The highest BCUT2D eigenvalue weighted by Crippen LogP contribution is 2.35. The minimum Gasteiger partial charge on any atom is -0.497 e. The van der Waals surface area contributed by atoms with Gasteiger partial charge in [-0.1, -0.05) is 6.07 Å². The largest absolute Gasteiger partial charge is 0.497 e. The van der Waals surface area contributed by atoms with Crippen LogP contribution in [0.2, 0.25) is 0 Å². The zero-order chi connectivity index (χ0) is 25.8. The molecule has 11 nitrogen and oxygen atoms in total. The average Bonchev–Trinajstić information content (AvgIpc) is 3.62. The van der Waals surface area contributed by atoms with E-state index >= 15 is 0 Å². The number of furan rings is 1. The first-order valence-corrected chi connectivity index (χ1v) is 12.1. The molecule has 3 heterocycles. The van der Waals surface area contributed by atoms with Crippen LogP contribution in [-0.2, 0) is 9.53 Å². The molecular weight excluding hydrogens is 486 g/mol. The van der Waals surface area contributed by atoms with Gasteiger partial charge in [-0.15, -0.1) is 0 Å². The van der Waals surface area contributed by atoms with Crippen LogP contribution in [0.3, 0.4) is 0 Å². The van der Waals surface area contributed by atoms with E-state index in [-0.39, 0.29) is 34.7 Å². The third-order valence-electron chi connectivity index (χ3n) is 5.77. The lowest BCUT2D eigenvalue weighted by Gasteiger charge is -2.30. The van der Waals surface area contributed by atoms with Gasteiger partial charge in [-0.2, -0.15) is 4.37 Å². The molecule has 3 aromatic rings. The number of nitrogens with zero attached hydrogens (tertiary/aromatic N) is 2. The number of rotatable bonds is 9. The molecule has 1 aliphatic heterocycles. The third-order valence-corrected chi connectivity index (χ3v) is 6.62. The number of aryl methyl sites for hydroxylation is 1. The molecule has 0 spiro atoms. The van der Waals surface area contributed by atoms with Crippen LogP contribution in [0.15, 0.2) is 40.8 Å². The molecule has 2 atom stereocenters. The van der Waals surface area contributed by atoms with Gasteiger partial charge < -0.3 is 30.7 Å². The van der Waals surface area contributed by atoms with E-state index in [9.17, 15) is 14.4 Å². The number of nitrogens with two attached hydrogens (primary N) is 2. The summed E-state index contributed by atoms with van der Waals surface area (Å²) in [5, 5.41) is 2.89. The number of nitrogens with one attached hydrogen (secondary N) is 1. The molecule has 5 N–H and O–H groups in total. The highest BCUT2D eigenvalue weighted by molar-refractivity contribution is 7.09. The van der Waals surface area contributed by atoms with Crippen LogP contribution in [-0.4, -0.2) is 48.5 Å². The number of amides is 3. The number of hydrogen-bond acceptors (Lipinski definition) is 9. The van der Waals surface area contributed by atoms with Gasteiger partial charge in [0, 0.05) is 24.9 Å². The van der Waals surface area contributed by atoms with Crippen molar-refractivity contribution in [2.24, 2.45) is 5.73 Å². The smallest absolute Gasteiger partial charge is 0.273 e. The van der Waals surface area contributed by atoms with Gasteiger partial charge in [0.05, 0.1) is 18.9 Å². The van der Waals surface area contributed by atoms with Gasteiger partial charge in [-0.3, -0.25) is 19.3 Å². The van der Waals surface area contributed by atoms with Gasteiger partial charge in [-0.25, -0.2) is 0 Å². The second-order valence-electron chi connectivity index (χ2n) is 8.25. The van der Waals surface area contributed by atoms with Gasteiger partial charge >= 0.3 is 0 Å². The zero-order valence-electron chi connectivity index (χ0n) is 19.9. The second-order valence-corrected chi connectivity index (χ2v) is 9.02. The van der Waals surface area contributed by atoms with Gasteiger partial charge in [0.1, 0.15) is 22.1 Å². The number of ether oxygens (including phenoxy) is 2. The Morgan fingerprint density at radius 2 is 2.11 bits per heavy atom. The number of methoxy groups -OCH3 is 1. The van der Waals surface area contributed by atoms with Gasteiger partial charge in [0.2, 0.25) is 0 Å². The summed E-state index contributed by atoms with van der Waals surface area (Å²) in [4.78, 5) is 40.5. The Balaban J connectivity index is 1.80. The quantitative estimate of drug-likeness (QED) is 0.393. The van der Waals surface area contributed by atoms with E-state index in [0.29, 0.717) is 23.8 Å². The first-order valence-electron chi connectivity index (χ1n) is 11.3. The van der Waals surface area contributed by atoms with Gasteiger partial charge in [0.15, 0.2) is 11.7 Å². The predicted molar refractivity (Wildman–Crippen MR) is 133 cm³/mol. The van der Waals surface area contributed by atoms with E-state index in [4.69, 9.17) is 25.4 Å². The maximum absolute atomic E-state index is 14.0. The van der Waals surface area contributed by atoms with Gasteiger partial charge in [-0.05, 0) is 55.6 Å². The van der Waals surface area contributed by atoms with Crippen LogP contribution in [0, 0.1) is 6.92 Å². The van der Waals surface area contributed by atoms with Crippen LogP contribution < -0.4 is 26.4 Å².